The molecule has 0 fully saturated rings. The zero-order valence-corrected chi connectivity index (χ0v) is 14.8. The first kappa shape index (κ1) is 18.9. The SMILES string of the molecule is CCN(CC)C(C)CNS(=O)(=O)CCc1cccc(OC)c1. The first-order valence-electron chi connectivity index (χ1n) is 7.76. The molecule has 1 aromatic rings. The molecule has 1 unspecified atom stereocenters. The highest BCUT2D eigenvalue weighted by molar-refractivity contribution is 7.89. The second-order valence-corrected chi connectivity index (χ2v) is 7.27. The van der Waals surface area contributed by atoms with E-state index < -0.39 is 10.0 Å². The van der Waals surface area contributed by atoms with Crippen LogP contribution in [0.25, 0.3) is 0 Å². The molecule has 0 aromatic heterocycles. The van der Waals surface area contributed by atoms with Crippen LogP contribution in [0, 0.1) is 0 Å². The number of methoxy groups -OCH3 is 1. The molecule has 0 heterocycles. The lowest BCUT2D eigenvalue weighted by molar-refractivity contribution is 0.232. The van der Waals surface area contributed by atoms with Gasteiger partial charge >= 0.3 is 0 Å². The Morgan fingerprint density at radius 2 is 1.95 bits per heavy atom. The van der Waals surface area contributed by atoms with Crippen molar-refractivity contribution in [1.82, 2.24) is 9.62 Å². The van der Waals surface area contributed by atoms with Gasteiger partial charge in [-0.1, -0.05) is 26.0 Å². The molecule has 1 rings (SSSR count). The van der Waals surface area contributed by atoms with Gasteiger partial charge in [-0.25, -0.2) is 13.1 Å². The zero-order valence-electron chi connectivity index (χ0n) is 14.0. The number of hydrogen-bond acceptors (Lipinski definition) is 4. The number of nitrogens with one attached hydrogen (secondary N) is 1. The molecule has 0 saturated heterocycles. The van der Waals surface area contributed by atoms with Crippen molar-refractivity contribution in [2.45, 2.75) is 33.2 Å². The molecule has 1 aromatic carbocycles. The molecule has 126 valence electrons. The van der Waals surface area contributed by atoms with Crippen molar-refractivity contribution in [3.05, 3.63) is 29.8 Å². The fraction of sp³-hybridized carbons (Fsp3) is 0.625. The molecule has 0 amide bonds. The van der Waals surface area contributed by atoms with Crippen LogP contribution in [-0.2, 0) is 16.4 Å². The van der Waals surface area contributed by atoms with Crippen LogP contribution < -0.4 is 9.46 Å². The molecule has 22 heavy (non-hydrogen) atoms. The number of ether oxygens (including phenoxy) is 1. The van der Waals surface area contributed by atoms with E-state index in [4.69, 9.17) is 4.74 Å². The Bertz CT molecular complexity index is 542. The predicted octanol–water partition coefficient (Wildman–Crippen LogP) is 1.89. The van der Waals surface area contributed by atoms with Crippen LogP contribution in [0.3, 0.4) is 0 Å². The molecule has 0 saturated carbocycles. The van der Waals surface area contributed by atoms with Crippen LogP contribution in [0.5, 0.6) is 5.75 Å². The van der Waals surface area contributed by atoms with E-state index in [-0.39, 0.29) is 11.8 Å². The summed E-state index contributed by atoms with van der Waals surface area (Å²) in [5, 5.41) is 0. The van der Waals surface area contributed by atoms with Crippen molar-refractivity contribution >= 4 is 10.0 Å². The maximum Gasteiger partial charge on any atom is 0.211 e. The minimum Gasteiger partial charge on any atom is -0.497 e. The fourth-order valence-corrected chi connectivity index (χ4v) is 3.52. The highest BCUT2D eigenvalue weighted by Crippen LogP contribution is 2.13. The Balaban J connectivity index is 2.50. The molecular weight excluding hydrogens is 300 g/mol. The predicted molar refractivity (Wildman–Crippen MR) is 90.9 cm³/mol. The molecule has 0 aliphatic carbocycles. The average molecular weight is 328 g/mol. The smallest absolute Gasteiger partial charge is 0.211 e. The number of likely N-dealkylation sites (N-methyl/N-ethyl adjacent to an activating group) is 1. The molecule has 6 heteroatoms. The Morgan fingerprint density at radius 1 is 1.27 bits per heavy atom. The van der Waals surface area contributed by atoms with Gasteiger partial charge in [0.1, 0.15) is 5.75 Å². The van der Waals surface area contributed by atoms with E-state index in [1.54, 1.807) is 7.11 Å². The van der Waals surface area contributed by atoms with Crippen molar-refractivity contribution in [2.24, 2.45) is 0 Å². The summed E-state index contributed by atoms with van der Waals surface area (Å²) in [4.78, 5) is 2.23. The first-order chi connectivity index (χ1) is 10.4. The van der Waals surface area contributed by atoms with Crippen LogP contribution in [0.15, 0.2) is 24.3 Å². The molecular formula is C16H28N2O3S. The van der Waals surface area contributed by atoms with Gasteiger partial charge in [-0.05, 0) is 44.1 Å². The van der Waals surface area contributed by atoms with Gasteiger partial charge in [0.25, 0.3) is 0 Å². The van der Waals surface area contributed by atoms with Crippen molar-refractivity contribution in [3.63, 3.8) is 0 Å². The molecule has 1 N–H and O–H groups in total. The molecule has 0 radical (unpaired) electrons. The lowest BCUT2D eigenvalue weighted by Crippen LogP contribution is -2.42. The summed E-state index contributed by atoms with van der Waals surface area (Å²) in [5.41, 5.74) is 0.960. The van der Waals surface area contributed by atoms with E-state index in [1.165, 1.54) is 0 Å². The van der Waals surface area contributed by atoms with Gasteiger partial charge in [-0.3, -0.25) is 4.90 Å². The molecule has 1 atom stereocenters. The van der Waals surface area contributed by atoms with Gasteiger partial charge in [0, 0.05) is 12.6 Å². The van der Waals surface area contributed by atoms with E-state index in [0.717, 1.165) is 24.4 Å². The third-order valence-electron chi connectivity index (χ3n) is 3.83. The van der Waals surface area contributed by atoms with E-state index in [9.17, 15) is 8.42 Å². The van der Waals surface area contributed by atoms with Crippen LogP contribution >= 0.6 is 0 Å². The first-order valence-corrected chi connectivity index (χ1v) is 9.41. The Kier molecular flexibility index (Phi) is 7.85. The maximum atomic E-state index is 12.1. The zero-order chi connectivity index (χ0) is 16.6. The number of benzene rings is 1. The maximum absolute atomic E-state index is 12.1. The van der Waals surface area contributed by atoms with E-state index in [2.05, 4.69) is 23.5 Å². The summed E-state index contributed by atoms with van der Waals surface area (Å²) >= 11 is 0. The van der Waals surface area contributed by atoms with Crippen molar-refractivity contribution in [1.29, 1.82) is 0 Å². The minimum absolute atomic E-state index is 0.0884. The van der Waals surface area contributed by atoms with Crippen LogP contribution in [-0.4, -0.2) is 51.9 Å². The number of hydrogen-bond donors (Lipinski definition) is 1. The summed E-state index contributed by atoms with van der Waals surface area (Å²) in [7, 11) is -1.66. The van der Waals surface area contributed by atoms with Crippen LogP contribution in [0.1, 0.15) is 26.3 Å². The Hall–Kier alpha value is -1.11. The molecule has 0 spiro atoms. The lowest BCUT2D eigenvalue weighted by atomic mass is 10.2. The van der Waals surface area contributed by atoms with Crippen molar-refractivity contribution in [3.8, 4) is 5.75 Å². The summed E-state index contributed by atoms with van der Waals surface area (Å²) in [6.07, 6.45) is 0.478. The van der Waals surface area contributed by atoms with Crippen molar-refractivity contribution in [2.75, 3.05) is 32.5 Å². The fourth-order valence-electron chi connectivity index (χ4n) is 2.38. The van der Waals surface area contributed by atoms with E-state index in [0.29, 0.717) is 13.0 Å². The number of aryl methyl sites for hydroxylation is 1. The van der Waals surface area contributed by atoms with Crippen LogP contribution in [0.2, 0.25) is 0 Å². The monoisotopic (exact) mass is 328 g/mol. The third-order valence-corrected chi connectivity index (χ3v) is 5.18. The second-order valence-electron chi connectivity index (χ2n) is 5.34. The van der Waals surface area contributed by atoms with Gasteiger partial charge in [0.2, 0.25) is 10.0 Å². The number of sulfonamides is 1. The normalized spacial score (nSPS) is 13.3. The average Bonchev–Trinajstić information content (AvgIpc) is 2.52. The third kappa shape index (κ3) is 6.34. The molecule has 0 aliphatic rings. The van der Waals surface area contributed by atoms with Gasteiger partial charge in [0.15, 0.2) is 0 Å². The van der Waals surface area contributed by atoms with Crippen molar-refractivity contribution < 1.29 is 13.2 Å². The standard InChI is InChI=1S/C16H28N2O3S/c1-5-18(6-2)14(3)13-17-22(19,20)11-10-15-8-7-9-16(12-15)21-4/h7-9,12,14,17H,5-6,10-11,13H2,1-4H3. The molecule has 0 aliphatic heterocycles. The summed E-state index contributed by atoms with van der Waals surface area (Å²) in [6, 6.07) is 7.70. The molecule has 0 bridgehead atoms. The highest BCUT2D eigenvalue weighted by Gasteiger charge is 2.15. The lowest BCUT2D eigenvalue weighted by Gasteiger charge is -2.26. The Morgan fingerprint density at radius 3 is 2.55 bits per heavy atom. The highest BCUT2D eigenvalue weighted by atomic mass is 32.2. The Labute approximate surface area is 134 Å². The largest absolute Gasteiger partial charge is 0.497 e. The van der Waals surface area contributed by atoms with Gasteiger partial charge < -0.3 is 4.74 Å². The number of nitrogens with zero attached hydrogens (tertiary/aromatic N) is 1. The minimum atomic E-state index is -3.26. The second kappa shape index (κ2) is 9.12. The van der Waals surface area contributed by atoms with E-state index >= 15 is 0 Å². The quantitative estimate of drug-likeness (QED) is 0.712. The van der Waals surface area contributed by atoms with E-state index in [1.807, 2.05) is 31.2 Å². The van der Waals surface area contributed by atoms with Gasteiger partial charge in [-0.15, -0.1) is 0 Å². The molecule has 5 nitrogen and oxygen atoms in total. The van der Waals surface area contributed by atoms with Gasteiger partial charge in [-0.2, -0.15) is 0 Å². The van der Waals surface area contributed by atoms with Crippen LogP contribution in [0.4, 0.5) is 0 Å². The number of rotatable bonds is 10. The summed E-state index contributed by atoms with van der Waals surface area (Å²) in [6.45, 7) is 8.49. The van der Waals surface area contributed by atoms with Gasteiger partial charge in [0.05, 0.1) is 12.9 Å². The summed E-state index contributed by atoms with van der Waals surface area (Å²) < 4.78 is 32.1. The topological polar surface area (TPSA) is 58.6 Å². The summed E-state index contributed by atoms with van der Waals surface area (Å²) in [5.74, 6) is 0.837.